The summed E-state index contributed by atoms with van der Waals surface area (Å²) in [5, 5.41) is 5.99. The van der Waals surface area contributed by atoms with Gasteiger partial charge in [-0.05, 0) is 20.3 Å². The van der Waals surface area contributed by atoms with Crippen molar-refractivity contribution in [3.63, 3.8) is 0 Å². The Kier molecular flexibility index (Phi) is 5.69. The van der Waals surface area contributed by atoms with Crippen molar-refractivity contribution in [3.05, 3.63) is 18.2 Å². The zero-order valence-corrected chi connectivity index (χ0v) is 10.9. The summed E-state index contributed by atoms with van der Waals surface area (Å²) in [7, 11) is 0. The van der Waals surface area contributed by atoms with Crippen LogP contribution < -0.4 is 10.6 Å². The maximum absolute atomic E-state index is 11.5. The van der Waals surface area contributed by atoms with Gasteiger partial charge in [0.15, 0.2) is 0 Å². The lowest BCUT2D eigenvalue weighted by Gasteiger charge is -2.14. The minimum atomic E-state index is -0.181. The summed E-state index contributed by atoms with van der Waals surface area (Å²) >= 11 is 0. The minimum absolute atomic E-state index is 0.0362. The van der Waals surface area contributed by atoms with Crippen LogP contribution in [0.15, 0.2) is 12.5 Å². The Balaban J connectivity index is 2.44. The highest BCUT2D eigenvalue weighted by atomic mass is 16.2. The van der Waals surface area contributed by atoms with Crippen LogP contribution in [0.3, 0.4) is 0 Å². The molecule has 1 rings (SSSR count). The lowest BCUT2D eigenvalue weighted by atomic mass is 10.3. The van der Waals surface area contributed by atoms with Crippen molar-refractivity contribution in [3.8, 4) is 0 Å². The number of likely N-dealkylation sites (N-methyl/N-ethyl adjacent to an activating group) is 1. The van der Waals surface area contributed by atoms with Crippen molar-refractivity contribution in [1.29, 1.82) is 0 Å². The number of carbonyl (C=O) groups excluding carboxylic acids is 1. The molecule has 17 heavy (non-hydrogen) atoms. The summed E-state index contributed by atoms with van der Waals surface area (Å²) in [5.41, 5.74) is 1.11. The normalized spacial score (nSPS) is 12.4. The van der Waals surface area contributed by atoms with Crippen molar-refractivity contribution in [2.75, 3.05) is 6.54 Å². The fourth-order valence-corrected chi connectivity index (χ4v) is 1.62. The van der Waals surface area contributed by atoms with Crippen molar-refractivity contribution in [2.24, 2.45) is 0 Å². The van der Waals surface area contributed by atoms with E-state index in [1.54, 1.807) is 0 Å². The van der Waals surface area contributed by atoms with E-state index < -0.39 is 0 Å². The fourth-order valence-electron chi connectivity index (χ4n) is 1.62. The first kappa shape index (κ1) is 13.7. The molecule has 5 nitrogen and oxygen atoms in total. The molecule has 0 aliphatic carbocycles. The molecule has 2 N–H and O–H groups in total. The second-order valence-electron chi connectivity index (χ2n) is 4.08. The van der Waals surface area contributed by atoms with E-state index in [1.165, 1.54) is 0 Å². The van der Waals surface area contributed by atoms with Gasteiger partial charge < -0.3 is 15.2 Å². The van der Waals surface area contributed by atoms with Crippen LogP contribution in [0.5, 0.6) is 0 Å². The third-order valence-corrected chi connectivity index (χ3v) is 2.60. The molecule has 1 heterocycles. The smallest absolute Gasteiger partial charge is 0.236 e. The van der Waals surface area contributed by atoms with Gasteiger partial charge in [0.25, 0.3) is 0 Å². The number of nitrogens with one attached hydrogen (secondary N) is 2. The summed E-state index contributed by atoms with van der Waals surface area (Å²) in [6.45, 7) is 8.21. The minimum Gasteiger partial charge on any atom is -0.355 e. The SMILES string of the molecule is CCCn1cncc1CNC(C)C(=O)NCC. The predicted molar refractivity (Wildman–Crippen MR) is 67.5 cm³/mol. The average molecular weight is 238 g/mol. The number of carbonyl (C=O) groups is 1. The molecule has 0 fully saturated rings. The van der Waals surface area contributed by atoms with Gasteiger partial charge in [0.2, 0.25) is 5.91 Å². The molecule has 0 saturated carbocycles. The fraction of sp³-hybridized carbons (Fsp3) is 0.667. The molecule has 1 aromatic heterocycles. The van der Waals surface area contributed by atoms with Gasteiger partial charge in [-0.25, -0.2) is 4.98 Å². The number of amides is 1. The van der Waals surface area contributed by atoms with E-state index >= 15 is 0 Å². The van der Waals surface area contributed by atoms with Crippen LogP contribution >= 0.6 is 0 Å². The van der Waals surface area contributed by atoms with E-state index in [1.807, 2.05) is 26.4 Å². The third-order valence-electron chi connectivity index (χ3n) is 2.60. The molecule has 0 spiro atoms. The predicted octanol–water partition coefficient (Wildman–Crippen LogP) is 0.907. The molecular weight excluding hydrogens is 216 g/mol. The van der Waals surface area contributed by atoms with Gasteiger partial charge in [-0.15, -0.1) is 0 Å². The second kappa shape index (κ2) is 7.06. The van der Waals surface area contributed by atoms with Crippen LogP contribution in [0.25, 0.3) is 0 Å². The first-order valence-corrected chi connectivity index (χ1v) is 6.19. The van der Waals surface area contributed by atoms with Crippen molar-refractivity contribution < 1.29 is 4.79 Å². The van der Waals surface area contributed by atoms with E-state index in [-0.39, 0.29) is 11.9 Å². The third kappa shape index (κ3) is 4.19. The van der Waals surface area contributed by atoms with Crippen LogP contribution in [0, 0.1) is 0 Å². The van der Waals surface area contributed by atoms with Crippen LogP contribution in [0.2, 0.25) is 0 Å². The molecule has 0 radical (unpaired) electrons. The standard InChI is InChI=1S/C12H22N4O/c1-4-6-16-9-13-7-11(16)8-15-10(3)12(17)14-5-2/h7,9-10,15H,4-6,8H2,1-3H3,(H,14,17). The van der Waals surface area contributed by atoms with Crippen LogP contribution in [-0.4, -0.2) is 28.0 Å². The molecule has 1 atom stereocenters. The topological polar surface area (TPSA) is 59.0 Å². The summed E-state index contributed by atoms with van der Waals surface area (Å²) < 4.78 is 2.11. The van der Waals surface area contributed by atoms with E-state index in [9.17, 15) is 4.79 Å². The van der Waals surface area contributed by atoms with E-state index in [0.29, 0.717) is 13.1 Å². The van der Waals surface area contributed by atoms with E-state index in [0.717, 1.165) is 18.7 Å². The van der Waals surface area contributed by atoms with Crippen LogP contribution in [0.4, 0.5) is 0 Å². The Labute approximate surface area is 103 Å². The molecular formula is C12H22N4O. The number of aromatic nitrogens is 2. The van der Waals surface area contributed by atoms with Gasteiger partial charge in [-0.1, -0.05) is 6.92 Å². The number of rotatable bonds is 7. The monoisotopic (exact) mass is 238 g/mol. The Morgan fingerprint density at radius 3 is 2.94 bits per heavy atom. The lowest BCUT2D eigenvalue weighted by Crippen LogP contribution is -2.41. The Morgan fingerprint density at radius 1 is 1.53 bits per heavy atom. The first-order valence-electron chi connectivity index (χ1n) is 6.19. The van der Waals surface area contributed by atoms with Gasteiger partial charge in [-0.2, -0.15) is 0 Å². The number of imidazole rings is 1. The molecule has 0 aromatic carbocycles. The summed E-state index contributed by atoms with van der Waals surface area (Å²) in [6.07, 6.45) is 4.75. The van der Waals surface area contributed by atoms with Gasteiger partial charge in [0.1, 0.15) is 0 Å². The largest absolute Gasteiger partial charge is 0.355 e. The molecule has 5 heteroatoms. The zero-order chi connectivity index (χ0) is 12.7. The molecule has 0 aliphatic rings. The van der Waals surface area contributed by atoms with Crippen molar-refractivity contribution in [1.82, 2.24) is 20.2 Å². The van der Waals surface area contributed by atoms with E-state index in [2.05, 4.69) is 27.1 Å². The first-order chi connectivity index (χ1) is 8.19. The zero-order valence-electron chi connectivity index (χ0n) is 10.9. The Hall–Kier alpha value is -1.36. The maximum Gasteiger partial charge on any atom is 0.236 e. The summed E-state index contributed by atoms with van der Waals surface area (Å²) in [5.74, 6) is 0.0362. The lowest BCUT2D eigenvalue weighted by molar-refractivity contribution is -0.122. The van der Waals surface area contributed by atoms with Gasteiger partial charge in [-0.3, -0.25) is 4.79 Å². The maximum atomic E-state index is 11.5. The second-order valence-corrected chi connectivity index (χ2v) is 4.08. The molecule has 0 saturated heterocycles. The highest BCUT2D eigenvalue weighted by Crippen LogP contribution is 2.01. The van der Waals surface area contributed by atoms with Crippen molar-refractivity contribution in [2.45, 2.75) is 46.3 Å². The van der Waals surface area contributed by atoms with Crippen LogP contribution in [0.1, 0.15) is 32.9 Å². The van der Waals surface area contributed by atoms with Gasteiger partial charge >= 0.3 is 0 Å². The Bertz CT molecular complexity index is 348. The number of hydrogen-bond acceptors (Lipinski definition) is 3. The average Bonchev–Trinajstić information content (AvgIpc) is 2.74. The molecule has 1 aromatic rings. The number of hydrogen-bond donors (Lipinski definition) is 2. The molecule has 1 unspecified atom stereocenters. The van der Waals surface area contributed by atoms with Gasteiger partial charge in [0, 0.05) is 25.8 Å². The van der Waals surface area contributed by atoms with E-state index in [4.69, 9.17) is 0 Å². The molecule has 96 valence electrons. The Morgan fingerprint density at radius 2 is 2.29 bits per heavy atom. The van der Waals surface area contributed by atoms with Crippen molar-refractivity contribution >= 4 is 5.91 Å². The summed E-state index contributed by atoms with van der Waals surface area (Å²) in [6, 6.07) is -0.181. The van der Waals surface area contributed by atoms with Gasteiger partial charge in [0.05, 0.1) is 18.1 Å². The number of aryl methyl sites for hydroxylation is 1. The highest BCUT2D eigenvalue weighted by molar-refractivity contribution is 5.81. The molecule has 0 bridgehead atoms. The van der Waals surface area contributed by atoms with Crippen LogP contribution in [-0.2, 0) is 17.9 Å². The molecule has 0 aliphatic heterocycles. The highest BCUT2D eigenvalue weighted by Gasteiger charge is 2.11. The quantitative estimate of drug-likeness (QED) is 0.742. The molecule has 1 amide bonds. The number of nitrogens with zero attached hydrogens (tertiary/aromatic N) is 2. The summed E-state index contributed by atoms with van der Waals surface area (Å²) in [4.78, 5) is 15.6.